The van der Waals surface area contributed by atoms with Crippen molar-refractivity contribution in [2.75, 3.05) is 13.7 Å². The van der Waals surface area contributed by atoms with Gasteiger partial charge in [0.2, 0.25) is 5.91 Å². The fraction of sp³-hybridized carbons (Fsp3) is 0.538. The van der Waals surface area contributed by atoms with Crippen LogP contribution in [0.4, 0.5) is 0 Å². The summed E-state index contributed by atoms with van der Waals surface area (Å²) in [5, 5.41) is 0. The first-order valence-corrected chi connectivity index (χ1v) is 6.05. The molecule has 18 heavy (non-hydrogen) atoms. The van der Waals surface area contributed by atoms with Crippen LogP contribution in [0, 0.1) is 0 Å². The van der Waals surface area contributed by atoms with E-state index in [0.717, 1.165) is 0 Å². The Morgan fingerprint density at radius 2 is 2.11 bits per heavy atom. The lowest BCUT2D eigenvalue weighted by Gasteiger charge is -2.22. The summed E-state index contributed by atoms with van der Waals surface area (Å²) >= 11 is 0. The molecule has 0 aliphatic carbocycles. The van der Waals surface area contributed by atoms with Crippen molar-refractivity contribution < 1.29 is 14.3 Å². The van der Waals surface area contributed by atoms with Gasteiger partial charge in [-0.25, -0.2) is 4.79 Å². The van der Waals surface area contributed by atoms with Gasteiger partial charge in [-0.1, -0.05) is 0 Å². The average molecular weight is 252 g/mol. The van der Waals surface area contributed by atoms with Gasteiger partial charge in [0, 0.05) is 19.3 Å². The van der Waals surface area contributed by atoms with Crippen molar-refractivity contribution in [2.45, 2.75) is 33.4 Å². The van der Waals surface area contributed by atoms with E-state index in [2.05, 4.69) is 0 Å². The van der Waals surface area contributed by atoms with Crippen molar-refractivity contribution in [2.24, 2.45) is 0 Å². The Hall–Kier alpha value is -1.78. The Morgan fingerprint density at radius 3 is 2.67 bits per heavy atom. The predicted octanol–water partition coefficient (Wildman–Crippen LogP) is 1.53. The highest BCUT2D eigenvalue weighted by Crippen LogP contribution is 2.06. The summed E-state index contributed by atoms with van der Waals surface area (Å²) in [5.74, 6) is -0.436. The quantitative estimate of drug-likeness (QED) is 0.747. The Kier molecular flexibility index (Phi) is 4.95. The third-order valence-electron chi connectivity index (χ3n) is 2.79. The molecule has 1 aromatic heterocycles. The van der Waals surface area contributed by atoms with Gasteiger partial charge in [-0.15, -0.1) is 0 Å². The van der Waals surface area contributed by atoms with Crippen molar-refractivity contribution in [1.82, 2.24) is 9.47 Å². The molecule has 0 spiro atoms. The molecule has 1 heterocycles. The van der Waals surface area contributed by atoms with E-state index in [-0.39, 0.29) is 18.5 Å². The number of amides is 1. The second-order valence-corrected chi connectivity index (χ2v) is 4.34. The molecule has 0 aliphatic rings. The summed E-state index contributed by atoms with van der Waals surface area (Å²) in [6, 6.07) is 3.52. The number of ether oxygens (including phenoxy) is 1. The van der Waals surface area contributed by atoms with Gasteiger partial charge in [0.15, 0.2) is 0 Å². The maximum atomic E-state index is 11.9. The van der Waals surface area contributed by atoms with Crippen LogP contribution in [0.25, 0.3) is 0 Å². The lowest BCUT2D eigenvalue weighted by Crippen LogP contribution is -2.36. The van der Waals surface area contributed by atoms with Crippen LogP contribution in [-0.4, -0.2) is 41.0 Å². The van der Waals surface area contributed by atoms with E-state index in [0.29, 0.717) is 12.3 Å². The molecule has 5 nitrogen and oxygen atoms in total. The van der Waals surface area contributed by atoms with Crippen LogP contribution in [0.3, 0.4) is 0 Å². The van der Waals surface area contributed by atoms with Crippen molar-refractivity contribution in [3.8, 4) is 0 Å². The number of likely N-dealkylation sites (N-methyl/N-ethyl adjacent to an activating group) is 1. The van der Waals surface area contributed by atoms with E-state index < -0.39 is 5.97 Å². The second kappa shape index (κ2) is 6.23. The molecule has 100 valence electrons. The first kappa shape index (κ1) is 14.3. The van der Waals surface area contributed by atoms with Gasteiger partial charge in [-0.2, -0.15) is 0 Å². The Bertz CT molecular complexity index is 424. The fourth-order valence-corrected chi connectivity index (χ4v) is 1.49. The summed E-state index contributed by atoms with van der Waals surface area (Å²) in [7, 11) is 1.75. The first-order valence-electron chi connectivity index (χ1n) is 6.05. The number of esters is 1. The third kappa shape index (κ3) is 3.35. The summed E-state index contributed by atoms with van der Waals surface area (Å²) in [6.45, 7) is 6.11. The Balaban J connectivity index is 2.77. The number of carbonyl (C=O) groups excluding carboxylic acids is 2. The maximum absolute atomic E-state index is 11.9. The van der Waals surface area contributed by atoms with Crippen LogP contribution in [0.15, 0.2) is 18.3 Å². The lowest BCUT2D eigenvalue weighted by atomic mass is 10.3. The Labute approximate surface area is 107 Å². The zero-order chi connectivity index (χ0) is 13.7. The van der Waals surface area contributed by atoms with Crippen molar-refractivity contribution in [3.05, 3.63) is 24.0 Å². The normalized spacial score (nSPS) is 10.5. The predicted molar refractivity (Wildman–Crippen MR) is 68.3 cm³/mol. The maximum Gasteiger partial charge on any atom is 0.354 e. The van der Waals surface area contributed by atoms with Crippen LogP contribution >= 0.6 is 0 Å². The van der Waals surface area contributed by atoms with Gasteiger partial charge >= 0.3 is 5.97 Å². The molecule has 0 saturated heterocycles. The molecule has 5 heteroatoms. The number of rotatable bonds is 5. The zero-order valence-corrected chi connectivity index (χ0v) is 11.3. The summed E-state index contributed by atoms with van der Waals surface area (Å²) < 4.78 is 6.54. The molecule has 0 fully saturated rings. The molecular formula is C13H20N2O3. The standard InChI is InChI=1S/C13H20N2O3/c1-5-18-13(17)11-7-6-8-15(11)9-12(16)14(4)10(2)3/h6-8,10H,5,9H2,1-4H3. The average Bonchev–Trinajstić information content (AvgIpc) is 2.76. The van der Waals surface area contributed by atoms with E-state index in [1.54, 1.807) is 41.8 Å². The minimum Gasteiger partial charge on any atom is -0.461 e. The van der Waals surface area contributed by atoms with E-state index in [9.17, 15) is 9.59 Å². The monoisotopic (exact) mass is 252 g/mol. The van der Waals surface area contributed by atoms with Gasteiger partial charge in [-0.05, 0) is 32.9 Å². The van der Waals surface area contributed by atoms with Crippen molar-refractivity contribution in [1.29, 1.82) is 0 Å². The van der Waals surface area contributed by atoms with Gasteiger partial charge in [0.1, 0.15) is 12.2 Å². The molecule has 1 aromatic rings. The van der Waals surface area contributed by atoms with E-state index in [1.807, 2.05) is 13.8 Å². The van der Waals surface area contributed by atoms with Crippen LogP contribution in [-0.2, 0) is 16.1 Å². The number of hydrogen-bond acceptors (Lipinski definition) is 3. The van der Waals surface area contributed by atoms with Crippen LogP contribution in [0.2, 0.25) is 0 Å². The van der Waals surface area contributed by atoms with Crippen LogP contribution in [0.1, 0.15) is 31.3 Å². The Morgan fingerprint density at radius 1 is 1.44 bits per heavy atom. The van der Waals surface area contributed by atoms with Gasteiger partial charge in [-0.3, -0.25) is 4.79 Å². The smallest absolute Gasteiger partial charge is 0.354 e. The lowest BCUT2D eigenvalue weighted by molar-refractivity contribution is -0.132. The SMILES string of the molecule is CCOC(=O)c1cccn1CC(=O)N(C)C(C)C. The molecule has 0 bridgehead atoms. The summed E-state index contributed by atoms with van der Waals surface area (Å²) in [5.41, 5.74) is 0.405. The van der Waals surface area contributed by atoms with Gasteiger partial charge < -0.3 is 14.2 Å². The molecule has 1 rings (SSSR count). The molecule has 0 saturated carbocycles. The number of nitrogens with zero attached hydrogens (tertiary/aromatic N) is 2. The zero-order valence-electron chi connectivity index (χ0n) is 11.3. The van der Waals surface area contributed by atoms with Gasteiger partial charge in [0.25, 0.3) is 0 Å². The number of aromatic nitrogens is 1. The highest BCUT2D eigenvalue weighted by atomic mass is 16.5. The molecule has 1 amide bonds. The molecule has 0 aromatic carbocycles. The van der Waals surface area contributed by atoms with E-state index >= 15 is 0 Å². The minimum atomic E-state index is -0.400. The fourth-order valence-electron chi connectivity index (χ4n) is 1.49. The topological polar surface area (TPSA) is 51.5 Å². The minimum absolute atomic E-state index is 0.0354. The number of hydrogen-bond donors (Lipinski definition) is 0. The van der Waals surface area contributed by atoms with Gasteiger partial charge in [0.05, 0.1) is 6.61 Å². The van der Waals surface area contributed by atoms with E-state index in [1.165, 1.54) is 0 Å². The molecule has 0 unspecified atom stereocenters. The third-order valence-corrected chi connectivity index (χ3v) is 2.79. The molecule has 0 radical (unpaired) electrons. The highest BCUT2D eigenvalue weighted by molar-refractivity contribution is 5.88. The first-order chi connectivity index (χ1) is 8.47. The van der Waals surface area contributed by atoms with Crippen molar-refractivity contribution in [3.63, 3.8) is 0 Å². The van der Waals surface area contributed by atoms with Crippen molar-refractivity contribution >= 4 is 11.9 Å². The summed E-state index contributed by atoms with van der Waals surface area (Å²) in [6.07, 6.45) is 1.71. The molecule has 0 aliphatic heterocycles. The molecule has 0 atom stereocenters. The highest BCUT2D eigenvalue weighted by Gasteiger charge is 2.17. The summed E-state index contributed by atoms with van der Waals surface area (Å²) in [4.78, 5) is 25.2. The van der Waals surface area contributed by atoms with E-state index in [4.69, 9.17) is 4.74 Å². The largest absolute Gasteiger partial charge is 0.461 e. The second-order valence-electron chi connectivity index (χ2n) is 4.34. The molecular weight excluding hydrogens is 232 g/mol. The number of carbonyl (C=O) groups is 2. The van der Waals surface area contributed by atoms with Crippen LogP contribution in [0.5, 0.6) is 0 Å². The molecule has 0 N–H and O–H groups in total. The van der Waals surface area contributed by atoms with Crippen LogP contribution < -0.4 is 0 Å².